The average Bonchev–Trinajstić information content (AvgIpc) is 2.59. The molecule has 1 aromatic rings. The Hall–Kier alpha value is -1.55. The van der Waals surface area contributed by atoms with Crippen molar-refractivity contribution in [1.29, 1.82) is 0 Å². The molecule has 1 saturated carbocycles. The highest BCUT2D eigenvalue weighted by Gasteiger charge is 2.14. The highest BCUT2D eigenvalue weighted by molar-refractivity contribution is 5.79. The van der Waals surface area contributed by atoms with Crippen LogP contribution in [0, 0.1) is 0 Å². The van der Waals surface area contributed by atoms with Crippen LogP contribution in [-0.4, -0.2) is 44.1 Å². The summed E-state index contributed by atoms with van der Waals surface area (Å²) in [5.74, 6) is 0.961. The average molecular weight is 316 g/mol. The van der Waals surface area contributed by atoms with Crippen molar-refractivity contribution in [3.63, 3.8) is 0 Å². The minimum Gasteiger partial charge on any atom is -0.356 e. The van der Waals surface area contributed by atoms with E-state index in [0.29, 0.717) is 6.04 Å². The van der Waals surface area contributed by atoms with Gasteiger partial charge in [0.2, 0.25) is 0 Å². The number of hydrogen-bond donors (Lipinski definition) is 2. The fraction of sp³-hybridized carbons (Fsp3) is 0.632. The van der Waals surface area contributed by atoms with E-state index in [0.717, 1.165) is 32.0 Å². The molecule has 0 saturated heterocycles. The van der Waals surface area contributed by atoms with Crippen molar-refractivity contribution in [2.24, 2.45) is 4.99 Å². The monoisotopic (exact) mass is 316 g/mol. The summed E-state index contributed by atoms with van der Waals surface area (Å²) in [6.07, 6.45) is 7.76. The first-order chi connectivity index (χ1) is 11.3. The number of nitrogens with one attached hydrogen (secondary N) is 2. The Labute approximate surface area is 141 Å². The van der Waals surface area contributed by atoms with Gasteiger partial charge < -0.3 is 15.5 Å². The van der Waals surface area contributed by atoms with E-state index in [2.05, 4.69) is 57.9 Å². The molecule has 0 aliphatic heterocycles. The van der Waals surface area contributed by atoms with Crippen LogP contribution in [0.1, 0.15) is 44.1 Å². The van der Waals surface area contributed by atoms with E-state index in [4.69, 9.17) is 0 Å². The molecule has 0 spiro atoms. The number of rotatable bonds is 7. The molecule has 2 rings (SSSR count). The van der Waals surface area contributed by atoms with Crippen LogP contribution in [0.4, 0.5) is 0 Å². The van der Waals surface area contributed by atoms with Crippen molar-refractivity contribution in [2.45, 2.75) is 51.1 Å². The molecule has 4 nitrogen and oxygen atoms in total. The van der Waals surface area contributed by atoms with E-state index in [1.165, 1.54) is 37.7 Å². The zero-order valence-corrected chi connectivity index (χ0v) is 14.7. The second-order valence-electron chi connectivity index (χ2n) is 6.56. The van der Waals surface area contributed by atoms with Gasteiger partial charge in [0, 0.05) is 26.2 Å². The van der Waals surface area contributed by atoms with E-state index in [1.807, 2.05) is 7.05 Å². The zero-order chi connectivity index (χ0) is 16.3. The Balaban J connectivity index is 1.59. The number of nitrogens with zero attached hydrogens (tertiary/aromatic N) is 2. The van der Waals surface area contributed by atoms with Gasteiger partial charge in [-0.3, -0.25) is 4.99 Å². The topological polar surface area (TPSA) is 39.7 Å². The maximum absolute atomic E-state index is 4.35. The molecule has 0 aromatic heterocycles. The largest absolute Gasteiger partial charge is 0.356 e. The third-order valence-electron chi connectivity index (χ3n) is 4.47. The molecule has 1 aliphatic carbocycles. The SMILES string of the molecule is CN=C(NCCCN(C)Cc1ccccc1)NC1CCCCC1. The van der Waals surface area contributed by atoms with E-state index in [9.17, 15) is 0 Å². The predicted octanol–water partition coefficient (Wildman–Crippen LogP) is 3.01. The Morgan fingerprint density at radius 2 is 1.91 bits per heavy atom. The van der Waals surface area contributed by atoms with Gasteiger partial charge in [0.1, 0.15) is 0 Å². The van der Waals surface area contributed by atoms with E-state index < -0.39 is 0 Å². The quantitative estimate of drug-likeness (QED) is 0.461. The summed E-state index contributed by atoms with van der Waals surface area (Å²) in [7, 11) is 4.04. The van der Waals surface area contributed by atoms with Gasteiger partial charge in [0.05, 0.1) is 0 Å². The molecule has 0 unspecified atom stereocenters. The molecule has 128 valence electrons. The molecule has 1 aromatic carbocycles. The molecule has 0 radical (unpaired) electrons. The summed E-state index contributed by atoms with van der Waals surface area (Å²) in [6, 6.07) is 11.3. The third-order valence-corrected chi connectivity index (χ3v) is 4.47. The summed E-state index contributed by atoms with van der Waals surface area (Å²) in [5.41, 5.74) is 1.37. The van der Waals surface area contributed by atoms with Crippen LogP contribution in [0.3, 0.4) is 0 Å². The van der Waals surface area contributed by atoms with Crippen LogP contribution in [-0.2, 0) is 6.54 Å². The summed E-state index contributed by atoms with van der Waals surface area (Å²) in [4.78, 5) is 6.72. The lowest BCUT2D eigenvalue weighted by Crippen LogP contribution is -2.44. The summed E-state index contributed by atoms with van der Waals surface area (Å²) in [5, 5.41) is 7.01. The van der Waals surface area contributed by atoms with Crippen molar-refractivity contribution >= 4 is 5.96 Å². The molecule has 0 bridgehead atoms. The Kier molecular flexibility index (Phi) is 7.95. The highest BCUT2D eigenvalue weighted by atomic mass is 15.2. The van der Waals surface area contributed by atoms with E-state index in [-0.39, 0.29) is 0 Å². The van der Waals surface area contributed by atoms with Crippen molar-refractivity contribution in [1.82, 2.24) is 15.5 Å². The first kappa shape index (κ1) is 17.8. The smallest absolute Gasteiger partial charge is 0.191 e. The molecular weight excluding hydrogens is 284 g/mol. The summed E-state index contributed by atoms with van der Waals surface area (Å²) >= 11 is 0. The highest BCUT2D eigenvalue weighted by Crippen LogP contribution is 2.17. The standard InChI is InChI=1S/C19H32N4/c1-20-19(22-18-12-7-4-8-13-18)21-14-9-15-23(2)16-17-10-5-3-6-11-17/h3,5-6,10-11,18H,4,7-9,12-16H2,1-2H3,(H2,20,21,22). The van der Waals surface area contributed by atoms with Gasteiger partial charge in [0.15, 0.2) is 5.96 Å². The fourth-order valence-corrected chi connectivity index (χ4v) is 3.16. The fourth-order valence-electron chi connectivity index (χ4n) is 3.16. The van der Waals surface area contributed by atoms with Crippen LogP contribution in [0.25, 0.3) is 0 Å². The molecular formula is C19H32N4. The van der Waals surface area contributed by atoms with Crippen molar-refractivity contribution in [2.75, 3.05) is 27.2 Å². The number of benzene rings is 1. The molecule has 1 fully saturated rings. The van der Waals surface area contributed by atoms with Crippen molar-refractivity contribution in [3.05, 3.63) is 35.9 Å². The van der Waals surface area contributed by atoms with E-state index in [1.54, 1.807) is 0 Å². The van der Waals surface area contributed by atoms with Crippen LogP contribution in [0.5, 0.6) is 0 Å². The molecule has 0 atom stereocenters. The zero-order valence-electron chi connectivity index (χ0n) is 14.7. The Bertz CT molecular complexity index is 452. The lowest BCUT2D eigenvalue weighted by atomic mass is 9.96. The number of aliphatic imine (C=N–C) groups is 1. The summed E-state index contributed by atoms with van der Waals surface area (Å²) < 4.78 is 0. The maximum Gasteiger partial charge on any atom is 0.191 e. The molecule has 1 aliphatic rings. The number of hydrogen-bond acceptors (Lipinski definition) is 2. The molecule has 4 heteroatoms. The van der Waals surface area contributed by atoms with Crippen LogP contribution < -0.4 is 10.6 Å². The minimum absolute atomic E-state index is 0.607. The minimum atomic E-state index is 0.607. The molecule has 0 heterocycles. The van der Waals surface area contributed by atoms with Crippen LogP contribution >= 0.6 is 0 Å². The van der Waals surface area contributed by atoms with Crippen molar-refractivity contribution < 1.29 is 0 Å². The Morgan fingerprint density at radius 3 is 2.61 bits per heavy atom. The lowest BCUT2D eigenvalue weighted by Gasteiger charge is -2.25. The molecule has 2 N–H and O–H groups in total. The Morgan fingerprint density at radius 1 is 1.17 bits per heavy atom. The third kappa shape index (κ3) is 7.04. The van der Waals surface area contributed by atoms with Gasteiger partial charge in [-0.25, -0.2) is 0 Å². The van der Waals surface area contributed by atoms with Crippen LogP contribution in [0.15, 0.2) is 35.3 Å². The molecule has 23 heavy (non-hydrogen) atoms. The van der Waals surface area contributed by atoms with Gasteiger partial charge in [-0.2, -0.15) is 0 Å². The van der Waals surface area contributed by atoms with Gasteiger partial charge in [-0.05, 0) is 38.4 Å². The first-order valence-corrected chi connectivity index (χ1v) is 8.97. The molecule has 0 amide bonds. The van der Waals surface area contributed by atoms with Crippen molar-refractivity contribution in [3.8, 4) is 0 Å². The second-order valence-corrected chi connectivity index (χ2v) is 6.56. The second kappa shape index (κ2) is 10.3. The maximum atomic E-state index is 4.35. The van der Waals surface area contributed by atoms with E-state index >= 15 is 0 Å². The predicted molar refractivity (Wildman–Crippen MR) is 98.8 cm³/mol. The number of guanidine groups is 1. The van der Waals surface area contributed by atoms with Gasteiger partial charge in [-0.15, -0.1) is 0 Å². The first-order valence-electron chi connectivity index (χ1n) is 8.97. The summed E-state index contributed by atoms with van der Waals surface area (Å²) in [6.45, 7) is 3.06. The van der Waals surface area contributed by atoms with Gasteiger partial charge >= 0.3 is 0 Å². The van der Waals surface area contributed by atoms with Crippen LogP contribution in [0.2, 0.25) is 0 Å². The normalized spacial score (nSPS) is 16.6. The lowest BCUT2D eigenvalue weighted by molar-refractivity contribution is 0.322. The van der Waals surface area contributed by atoms with Gasteiger partial charge in [0.25, 0.3) is 0 Å². The van der Waals surface area contributed by atoms with Gasteiger partial charge in [-0.1, -0.05) is 49.6 Å².